The highest BCUT2D eigenvalue weighted by atomic mass is 16.5. The van der Waals surface area contributed by atoms with Crippen molar-refractivity contribution in [1.29, 1.82) is 0 Å². The Morgan fingerprint density at radius 3 is 2.50 bits per heavy atom. The summed E-state index contributed by atoms with van der Waals surface area (Å²) < 4.78 is 4.79. The fraction of sp³-hybridized carbons (Fsp3) is 0.100. The second-order valence-electron chi connectivity index (χ2n) is 2.68. The number of carbonyl (C=O) groups excluding carboxylic acids is 1. The molecule has 4 nitrogen and oxygen atoms in total. The van der Waals surface area contributed by atoms with E-state index in [1.54, 1.807) is 0 Å². The third kappa shape index (κ3) is 2.04. The quantitative estimate of drug-likeness (QED) is 0.427. The number of benzene rings is 1. The SMILES string of the molecule is C=Cc1cc(O)c(O)cc1OC(C)=O. The van der Waals surface area contributed by atoms with Crippen LogP contribution in [0.5, 0.6) is 17.2 Å². The average molecular weight is 194 g/mol. The standard InChI is InChI=1S/C10H10O4/c1-3-7-4-8(12)9(13)5-10(7)14-6(2)11/h3-5,12-13H,1H2,2H3. The van der Waals surface area contributed by atoms with Crippen molar-refractivity contribution in [3.05, 3.63) is 24.3 Å². The Bertz CT molecular complexity index is 382. The first-order chi connectivity index (χ1) is 6.54. The predicted molar refractivity (Wildman–Crippen MR) is 51.2 cm³/mol. The fourth-order valence-electron chi connectivity index (χ4n) is 0.977. The van der Waals surface area contributed by atoms with E-state index < -0.39 is 5.97 Å². The Hall–Kier alpha value is -1.97. The number of aromatic hydroxyl groups is 2. The van der Waals surface area contributed by atoms with E-state index in [0.717, 1.165) is 6.07 Å². The molecule has 0 aromatic heterocycles. The zero-order chi connectivity index (χ0) is 10.7. The van der Waals surface area contributed by atoms with Crippen molar-refractivity contribution in [3.8, 4) is 17.2 Å². The van der Waals surface area contributed by atoms with Crippen molar-refractivity contribution >= 4 is 12.0 Å². The van der Waals surface area contributed by atoms with Gasteiger partial charge in [0.05, 0.1) is 0 Å². The lowest BCUT2D eigenvalue weighted by Crippen LogP contribution is -2.02. The summed E-state index contributed by atoms with van der Waals surface area (Å²) in [6.45, 7) is 4.73. The first-order valence-corrected chi connectivity index (χ1v) is 3.91. The van der Waals surface area contributed by atoms with Gasteiger partial charge >= 0.3 is 5.97 Å². The molecular weight excluding hydrogens is 184 g/mol. The number of hydrogen-bond acceptors (Lipinski definition) is 4. The third-order valence-electron chi connectivity index (χ3n) is 1.58. The molecule has 0 saturated heterocycles. The van der Waals surface area contributed by atoms with E-state index in [9.17, 15) is 4.79 Å². The second-order valence-corrected chi connectivity index (χ2v) is 2.68. The largest absolute Gasteiger partial charge is 0.504 e. The third-order valence-corrected chi connectivity index (χ3v) is 1.58. The molecule has 0 unspecified atom stereocenters. The number of esters is 1. The van der Waals surface area contributed by atoms with E-state index in [0.29, 0.717) is 5.56 Å². The van der Waals surface area contributed by atoms with E-state index in [1.807, 2.05) is 0 Å². The van der Waals surface area contributed by atoms with Crippen molar-refractivity contribution in [1.82, 2.24) is 0 Å². The van der Waals surface area contributed by atoms with Crippen molar-refractivity contribution in [3.63, 3.8) is 0 Å². The number of carbonyl (C=O) groups is 1. The maximum atomic E-state index is 10.7. The molecule has 0 spiro atoms. The minimum absolute atomic E-state index is 0.169. The highest BCUT2D eigenvalue weighted by molar-refractivity contribution is 5.72. The lowest BCUT2D eigenvalue weighted by molar-refractivity contribution is -0.131. The molecule has 2 N–H and O–H groups in total. The van der Waals surface area contributed by atoms with Crippen molar-refractivity contribution < 1.29 is 19.7 Å². The van der Waals surface area contributed by atoms with Gasteiger partial charge in [0.2, 0.25) is 0 Å². The molecule has 0 aliphatic carbocycles. The average Bonchev–Trinajstić information content (AvgIpc) is 2.10. The number of ether oxygens (including phenoxy) is 1. The maximum absolute atomic E-state index is 10.7. The molecule has 0 atom stereocenters. The Kier molecular flexibility index (Phi) is 2.76. The van der Waals surface area contributed by atoms with Crippen LogP contribution in [0, 0.1) is 0 Å². The van der Waals surface area contributed by atoms with Gasteiger partial charge in [0.1, 0.15) is 5.75 Å². The smallest absolute Gasteiger partial charge is 0.308 e. The molecule has 0 aliphatic rings. The summed E-state index contributed by atoms with van der Waals surface area (Å²) >= 11 is 0. The van der Waals surface area contributed by atoms with Crippen molar-refractivity contribution in [2.75, 3.05) is 0 Å². The molecule has 0 bridgehead atoms. The second kappa shape index (κ2) is 3.83. The molecule has 1 aromatic rings. The van der Waals surface area contributed by atoms with Crippen LogP contribution in [-0.4, -0.2) is 16.2 Å². The molecule has 4 heteroatoms. The summed E-state index contributed by atoms with van der Waals surface area (Å²) in [6, 6.07) is 2.42. The van der Waals surface area contributed by atoms with Gasteiger partial charge in [0, 0.05) is 18.6 Å². The van der Waals surface area contributed by atoms with Gasteiger partial charge < -0.3 is 14.9 Å². The lowest BCUT2D eigenvalue weighted by atomic mass is 10.2. The zero-order valence-corrected chi connectivity index (χ0v) is 7.65. The molecule has 74 valence electrons. The molecular formula is C10H10O4. The summed E-state index contributed by atoms with van der Waals surface area (Å²) in [5.41, 5.74) is 0.440. The Morgan fingerprint density at radius 1 is 1.43 bits per heavy atom. The summed E-state index contributed by atoms with van der Waals surface area (Å²) in [4.78, 5) is 10.7. The summed E-state index contributed by atoms with van der Waals surface area (Å²) in [5.74, 6) is -0.955. The number of hydrogen-bond donors (Lipinski definition) is 2. The van der Waals surface area contributed by atoms with E-state index in [4.69, 9.17) is 14.9 Å². The normalized spacial score (nSPS) is 9.50. The van der Waals surface area contributed by atoms with Gasteiger partial charge in [-0.3, -0.25) is 4.79 Å². The van der Waals surface area contributed by atoms with Gasteiger partial charge in [0.15, 0.2) is 11.5 Å². The van der Waals surface area contributed by atoms with Gasteiger partial charge in [0.25, 0.3) is 0 Å². The van der Waals surface area contributed by atoms with Gasteiger partial charge in [-0.15, -0.1) is 0 Å². The number of phenolic OH excluding ortho intramolecular Hbond substituents is 2. The van der Waals surface area contributed by atoms with E-state index in [2.05, 4.69) is 6.58 Å². The molecule has 0 fully saturated rings. The zero-order valence-electron chi connectivity index (χ0n) is 7.65. The summed E-state index contributed by atoms with van der Waals surface area (Å²) in [6.07, 6.45) is 1.41. The van der Waals surface area contributed by atoms with Gasteiger partial charge in [-0.25, -0.2) is 0 Å². The van der Waals surface area contributed by atoms with Crippen LogP contribution in [0.4, 0.5) is 0 Å². The first kappa shape index (κ1) is 10.1. The minimum atomic E-state index is -0.502. The van der Waals surface area contributed by atoms with E-state index in [1.165, 1.54) is 19.1 Å². The Labute approximate surface area is 81.1 Å². The highest BCUT2D eigenvalue weighted by Gasteiger charge is 2.09. The van der Waals surface area contributed by atoms with Crippen LogP contribution in [-0.2, 0) is 4.79 Å². The van der Waals surface area contributed by atoms with Crippen LogP contribution in [0.3, 0.4) is 0 Å². The molecule has 0 radical (unpaired) electrons. The van der Waals surface area contributed by atoms with Gasteiger partial charge in [-0.1, -0.05) is 12.7 Å². The van der Waals surface area contributed by atoms with E-state index in [-0.39, 0.29) is 17.2 Å². The van der Waals surface area contributed by atoms with Crippen molar-refractivity contribution in [2.24, 2.45) is 0 Å². The van der Waals surface area contributed by atoms with E-state index >= 15 is 0 Å². The summed E-state index contributed by atoms with van der Waals surface area (Å²) in [5, 5.41) is 18.3. The minimum Gasteiger partial charge on any atom is -0.504 e. The molecule has 0 saturated carbocycles. The number of rotatable bonds is 2. The number of phenols is 2. The van der Waals surface area contributed by atoms with Crippen molar-refractivity contribution in [2.45, 2.75) is 6.92 Å². The fourth-order valence-corrected chi connectivity index (χ4v) is 0.977. The first-order valence-electron chi connectivity index (χ1n) is 3.91. The molecule has 1 rings (SSSR count). The molecule has 0 amide bonds. The van der Waals surface area contributed by atoms with Crippen LogP contribution in [0.15, 0.2) is 18.7 Å². The van der Waals surface area contributed by atoms with Gasteiger partial charge in [-0.2, -0.15) is 0 Å². The monoisotopic (exact) mass is 194 g/mol. The lowest BCUT2D eigenvalue weighted by Gasteiger charge is -2.07. The topological polar surface area (TPSA) is 66.8 Å². The molecule has 0 heterocycles. The van der Waals surface area contributed by atoms with Crippen LogP contribution < -0.4 is 4.74 Å². The summed E-state index contributed by atoms with van der Waals surface area (Å²) in [7, 11) is 0. The van der Waals surface area contributed by atoms with Crippen LogP contribution in [0.25, 0.3) is 6.08 Å². The van der Waals surface area contributed by atoms with Crippen LogP contribution in [0.1, 0.15) is 12.5 Å². The Morgan fingerprint density at radius 2 is 2.00 bits per heavy atom. The molecule has 14 heavy (non-hydrogen) atoms. The highest BCUT2D eigenvalue weighted by Crippen LogP contribution is 2.33. The predicted octanol–water partition coefficient (Wildman–Crippen LogP) is 1.67. The van der Waals surface area contributed by atoms with Crippen LogP contribution >= 0.6 is 0 Å². The van der Waals surface area contributed by atoms with Gasteiger partial charge in [-0.05, 0) is 6.07 Å². The molecule has 0 aliphatic heterocycles. The molecule has 1 aromatic carbocycles. The van der Waals surface area contributed by atoms with Crippen LogP contribution in [0.2, 0.25) is 0 Å². The Balaban J connectivity index is 3.19. The maximum Gasteiger partial charge on any atom is 0.308 e.